The summed E-state index contributed by atoms with van der Waals surface area (Å²) in [5.74, 6) is -0.966. The number of hydrogen-bond donors (Lipinski definition) is 2. The molecule has 2 fully saturated rings. The Morgan fingerprint density at radius 2 is 1.74 bits per heavy atom. The number of rotatable bonds is 7. The van der Waals surface area contributed by atoms with Crippen molar-refractivity contribution in [3.05, 3.63) is 64.7 Å². The van der Waals surface area contributed by atoms with Crippen LogP contribution in [0.1, 0.15) is 48.0 Å². The molecule has 1 aliphatic carbocycles. The van der Waals surface area contributed by atoms with Crippen LogP contribution in [0.5, 0.6) is 0 Å². The van der Waals surface area contributed by atoms with E-state index in [0.29, 0.717) is 29.3 Å². The van der Waals surface area contributed by atoms with Crippen LogP contribution in [0, 0.1) is 11.3 Å². The Hall–Kier alpha value is -2.78. The molecule has 2 N–H and O–H groups in total. The summed E-state index contributed by atoms with van der Waals surface area (Å²) in [5.41, 5.74) is -2.68. The first-order valence-corrected chi connectivity index (χ1v) is 13.1. The van der Waals surface area contributed by atoms with E-state index in [1.807, 2.05) is 6.07 Å². The molecule has 2 aromatic rings. The first-order valence-electron chi connectivity index (χ1n) is 12.8. The lowest BCUT2D eigenvalue weighted by molar-refractivity contribution is -0.262. The van der Waals surface area contributed by atoms with Gasteiger partial charge in [0, 0.05) is 45.0 Å². The minimum absolute atomic E-state index is 0.0437. The second-order valence-electron chi connectivity index (χ2n) is 10.8. The molecule has 10 heteroatoms. The monoisotopic (exact) mass is 551 g/mol. The van der Waals surface area contributed by atoms with Gasteiger partial charge >= 0.3 is 6.18 Å². The summed E-state index contributed by atoms with van der Waals surface area (Å²) in [6, 6.07) is 11.8. The molecule has 38 heavy (non-hydrogen) atoms. The lowest BCUT2D eigenvalue weighted by atomic mass is 9.57. The Morgan fingerprint density at radius 3 is 2.29 bits per heavy atom. The van der Waals surface area contributed by atoms with Crippen molar-refractivity contribution in [3.8, 4) is 0 Å². The molecule has 0 radical (unpaired) electrons. The summed E-state index contributed by atoms with van der Waals surface area (Å²) in [6.07, 6.45) is -1.000. The molecule has 1 saturated carbocycles. The van der Waals surface area contributed by atoms with Crippen LogP contribution in [0.25, 0.3) is 0 Å². The van der Waals surface area contributed by atoms with E-state index in [2.05, 4.69) is 5.32 Å². The van der Waals surface area contributed by atoms with Crippen LogP contribution in [0.3, 0.4) is 0 Å². The zero-order valence-electron chi connectivity index (χ0n) is 21.5. The van der Waals surface area contributed by atoms with Gasteiger partial charge in [-0.3, -0.25) is 9.59 Å². The van der Waals surface area contributed by atoms with Crippen LogP contribution in [0.2, 0.25) is 5.02 Å². The standard InChI is InChI=1S/C28H33ClF3N3O3/c1-34(2)24(36)22-9-8-21(16-23(22)29)33-13-10-19-17-26(18-19)11-14-35(15-12-26)25(37)27(38,28(30,31)32)20-6-4-3-5-7-20/h3-9,16,19,33,38H,10-15,17-18H2,1-2H3. The predicted molar refractivity (Wildman–Crippen MR) is 140 cm³/mol. The zero-order chi connectivity index (χ0) is 27.7. The van der Waals surface area contributed by atoms with E-state index >= 15 is 0 Å². The van der Waals surface area contributed by atoms with Crippen molar-refractivity contribution in [3.63, 3.8) is 0 Å². The minimum atomic E-state index is -5.12. The molecule has 4 rings (SSSR count). The molecule has 0 bridgehead atoms. The molecule has 206 valence electrons. The van der Waals surface area contributed by atoms with E-state index in [9.17, 15) is 27.9 Å². The molecule has 1 spiro atoms. The number of carbonyl (C=O) groups excluding carboxylic acids is 2. The van der Waals surface area contributed by atoms with Gasteiger partial charge < -0.3 is 20.2 Å². The Kier molecular flexibility index (Phi) is 8.00. The molecular formula is C28H33ClF3N3O3. The third-order valence-electron chi connectivity index (χ3n) is 7.95. The van der Waals surface area contributed by atoms with Crippen molar-refractivity contribution in [2.24, 2.45) is 11.3 Å². The number of nitrogens with one attached hydrogen (secondary N) is 1. The SMILES string of the molecule is CN(C)C(=O)c1ccc(NCCC2CC3(CCN(C(=O)C(O)(c4ccccc4)C(F)(F)F)CC3)C2)cc1Cl. The molecule has 1 saturated heterocycles. The molecule has 1 atom stereocenters. The number of anilines is 1. The molecule has 1 unspecified atom stereocenters. The average molecular weight is 552 g/mol. The Bertz CT molecular complexity index is 1160. The van der Waals surface area contributed by atoms with Gasteiger partial charge in [-0.05, 0) is 61.6 Å². The van der Waals surface area contributed by atoms with E-state index < -0.39 is 23.2 Å². The normalized spacial score (nSPS) is 19.0. The first-order chi connectivity index (χ1) is 17.9. The maximum absolute atomic E-state index is 13.9. The highest BCUT2D eigenvalue weighted by Gasteiger charge is 2.62. The van der Waals surface area contributed by atoms with E-state index in [1.54, 1.807) is 26.2 Å². The maximum Gasteiger partial charge on any atom is 0.430 e. The third kappa shape index (κ3) is 5.50. The van der Waals surface area contributed by atoms with Crippen molar-refractivity contribution >= 4 is 29.1 Å². The summed E-state index contributed by atoms with van der Waals surface area (Å²) in [4.78, 5) is 27.7. The number of hydrogen-bond acceptors (Lipinski definition) is 4. The third-order valence-corrected chi connectivity index (χ3v) is 8.27. The number of benzene rings is 2. The fourth-order valence-corrected chi connectivity index (χ4v) is 6.00. The highest BCUT2D eigenvalue weighted by molar-refractivity contribution is 6.34. The number of likely N-dealkylation sites (tertiary alicyclic amines) is 1. The second-order valence-corrected chi connectivity index (χ2v) is 11.2. The van der Waals surface area contributed by atoms with Gasteiger partial charge in [-0.1, -0.05) is 41.9 Å². The van der Waals surface area contributed by atoms with Crippen molar-refractivity contribution < 1.29 is 27.9 Å². The largest absolute Gasteiger partial charge is 0.430 e. The van der Waals surface area contributed by atoms with Gasteiger partial charge in [0.15, 0.2) is 0 Å². The molecule has 0 aromatic heterocycles. The van der Waals surface area contributed by atoms with Gasteiger partial charge in [0.25, 0.3) is 17.4 Å². The lowest BCUT2D eigenvalue weighted by Gasteiger charge is -2.53. The quantitative estimate of drug-likeness (QED) is 0.489. The number of halogens is 4. The number of carbonyl (C=O) groups is 2. The molecular weight excluding hydrogens is 519 g/mol. The summed E-state index contributed by atoms with van der Waals surface area (Å²) >= 11 is 6.27. The lowest BCUT2D eigenvalue weighted by Crippen LogP contribution is -2.58. The van der Waals surface area contributed by atoms with Crippen molar-refractivity contribution in [2.75, 3.05) is 39.0 Å². The minimum Gasteiger partial charge on any atom is -0.385 e. The van der Waals surface area contributed by atoms with E-state index in [-0.39, 0.29) is 24.4 Å². The highest BCUT2D eigenvalue weighted by atomic mass is 35.5. The number of alkyl halides is 3. The van der Waals surface area contributed by atoms with Gasteiger partial charge in [-0.2, -0.15) is 13.2 Å². The summed E-state index contributed by atoms with van der Waals surface area (Å²) in [5, 5.41) is 14.3. The van der Waals surface area contributed by atoms with E-state index in [1.165, 1.54) is 23.1 Å². The maximum atomic E-state index is 13.9. The zero-order valence-corrected chi connectivity index (χ0v) is 22.3. The average Bonchev–Trinajstić information content (AvgIpc) is 2.86. The van der Waals surface area contributed by atoms with Crippen LogP contribution in [-0.2, 0) is 10.4 Å². The number of aliphatic hydroxyl groups is 1. The van der Waals surface area contributed by atoms with E-state index in [4.69, 9.17) is 11.6 Å². The Morgan fingerprint density at radius 1 is 1.11 bits per heavy atom. The predicted octanol–water partition coefficient (Wildman–Crippen LogP) is 5.31. The van der Waals surface area contributed by atoms with Crippen LogP contribution in [-0.4, -0.2) is 66.6 Å². The molecule has 6 nitrogen and oxygen atoms in total. The molecule has 2 aromatic carbocycles. The number of amides is 2. The topological polar surface area (TPSA) is 72.9 Å². The van der Waals surface area contributed by atoms with Crippen LogP contribution >= 0.6 is 11.6 Å². The van der Waals surface area contributed by atoms with E-state index in [0.717, 1.165) is 48.5 Å². The van der Waals surface area contributed by atoms with Gasteiger partial charge in [-0.25, -0.2) is 0 Å². The van der Waals surface area contributed by atoms with Crippen molar-refractivity contribution in [2.45, 2.75) is 43.9 Å². The fraction of sp³-hybridized carbons (Fsp3) is 0.500. The Labute approximate surface area is 225 Å². The van der Waals surface area contributed by atoms with Gasteiger partial charge in [0.05, 0.1) is 10.6 Å². The van der Waals surface area contributed by atoms with Gasteiger partial charge in [0.2, 0.25) is 0 Å². The highest BCUT2D eigenvalue weighted by Crippen LogP contribution is 2.54. The van der Waals surface area contributed by atoms with Gasteiger partial charge in [0.1, 0.15) is 0 Å². The Balaban J connectivity index is 1.26. The smallest absolute Gasteiger partial charge is 0.385 e. The first kappa shape index (κ1) is 28.2. The van der Waals surface area contributed by atoms with Crippen molar-refractivity contribution in [1.29, 1.82) is 0 Å². The molecule has 2 amide bonds. The molecule has 1 aliphatic heterocycles. The van der Waals surface area contributed by atoms with Crippen LogP contribution < -0.4 is 5.32 Å². The van der Waals surface area contributed by atoms with Crippen molar-refractivity contribution in [1.82, 2.24) is 9.80 Å². The summed E-state index contributed by atoms with van der Waals surface area (Å²) in [6.45, 7) is 1.13. The molecule has 2 aliphatic rings. The summed E-state index contributed by atoms with van der Waals surface area (Å²) < 4.78 is 41.7. The molecule has 1 heterocycles. The van der Waals surface area contributed by atoms with Crippen LogP contribution in [0.4, 0.5) is 18.9 Å². The summed E-state index contributed by atoms with van der Waals surface area (Å²) in [7, 11) is 3.34. The number of piperidine rings is 1. The second kappa shape index (κ2) is 10.8. The fourth-order valence-electron chi connectivity index (χ4n) is 5.74. The van der Waals surface area contributed by atoms with Gasteiger partial charge in [-0.15, -0.1) is 0 Å². The number of nitrogens with zero attached hydrogens (tertiary/aromatic N) is 2. The van der Waals surface area contributed by atoms with Crippen LogP contribution in [0.15, 0.2) is 48.5 Å².